The van der Waals surface area contributed by atoms with Crippen molar-refractivity contribution in [1.29, 1.82) is 0 Å². The number of aliphatic hydroxyl groups excluding tert-OH is 2. The zero-order valence-electron chi connectivity index (χ0n) is 20.9. The molecule has 0 radical (unpaired) electrons. The highest BCUT2D eigenvalue weighted by molar-refractivity contribution is 5.93. The summed E-state index contributed by atoms with van der Waals surface area (Å²) >= 11 is 0. The molecule has 1 saturated heterocycles. The molecule has 214 valence electrons. The molecule has 5 atom stereocenters. The summed E-state index contributed by atoms with van der Waals surface area (Å²) in [5.41, 5.74) is 3.95. The van der Waals surface area contributed by atoms with Crippen LogP contribution in [0.2, 0.25) is 0 Å². The number of hydrogen-bond acceptors (Lipinski definition) is 11. The van der Waals surface area contributed by atoms with Crippen LogP contribution in [-0.4, -0.2) is 109 Å². The van der Waals surface area contributed by atoms with Crippen LogP contribution in [0.4, 0.5) is 4.79 Å². The van der Waals surface area contributed by atoms with Crippen LogP contribution in [0.5, 0.6) is 0 Å². The Morgan fingerprint density at radius 2 is 1.50 bits per heavy atom. The van der Waals surface area contributed by atoms with E-state index in [0.29, 0.717) is 0 Å². The zero-order chi connectivity index (χ0) is 28.7. The van der Waals surface area contributed by atoms with E-state index in [-0.39, 0.29) is 26.4 Å². The predicted molar refractivity (Wildman–Crippen MR) is 126 cm³/mol. The number of carbonyl (C=O) groups excluding carboxylic acids is 6. The van der Waals surface area contributed by atoms with Crippen LogP contribution in [0.1, 0.15) is 26.7 Å². The molecule has 1 rings (SSSR count). The largest absolute Gasteiger partial charge is 0.391 e. The van der Waals surface area contributed by atoms with Crippen molar-refractivity contribution >= 4 is 35.6 Å². The summed E-state index contributed by atoms with van der Waals surface area (Å²) in [6, 6.07) is -5.58. The van der Waals surface area contributed by atoms with E-state index in [1.54, 1.807) is 0 Å². The summed E-state index contributed by atoms with van der Waals surface area (Å²) in [7, 11) is 0. The number of nitrogens with one attached hydrogen (secondary N) is 6. The Morgan fingerprint density at radius 3 is 2.13 bits per heavy atom. The summed E-state index contributed by atoms with van der Waals surface area (Å²) < 4.78 is 10.4. The summed E-state index contributed by atoms with van der Waals surface area (Å²) in [6.45, 7) is 2.06. The zero-order valence-corrected chi connectivity index (χ0v) is 20.9. The lowest BCUT2D eigenvalue weighted by atomic mass is 10.1. The summed E-state index contributed by atoms with van der Waals surface area (Å²) in [4.78, 5) is 83.8. The molecular formula is C20H33N7O11. The van der Waals surface area contributed by atoms with Gasteiger partial charge in [-0.1, -0.05) is 0 Å². The first-order valence-corrected chi connectivity index (χ1v) is 11.6. The smallest absolute Gasteiger partial charge is 0.316 e. The van der Waals surface area contributed by atoms with Crippen LogP contribution < -0.4 is 32.1 Å². The number of amides is 7. The molecule has 18 heteroatoms. The second-order valence-electron chi connectivity index (χ2n) is 8.13. The fraction of sp³-hybridized carbons (Fsp3) is 0.700. The van der Waals surface area contributed by atoms with Crippen molar-refractivity contribution in [1.82, 2.24) is 32.1 Å². The molecule has 8 N–H and O–H groups in total. The van der Waals surface area contributed by atoms with E-state index in [0.717, 1.165) is 0 Å². The Morgan fingerprint density at radius 1 is 0.895 bits per heavy atom. The van der Waals surface area contributed by atoms with Gasteiger partial charge in [0.25, 0.3) is 17.7 Å². The van der Waals surface area contributed by atoms with E-state index < -0.39 is 85.3 Å². The number of rotatable bonds is 5. The number of hydrogen-bond donors (Lipinski definition) is 8. The second-order valence-corrected chi connectivity index (χ2v) is 8.13. The SMILES string of the molecule is CC(O)[C@@H]1NC(=O)N[C@@H](CCC(=O)N=O)C(=O)NNC(=O)[C@@H](C(C)O)NC(=O)COCCOCCNC1=O. The van der Waals surface area contributed by atoms with E-state index in [2.05, 4.69) is 26.4 Å². The molecular weight excluding hydrogens is 514 g/mol. The van der Waals surface area contributed by atoms with Gasteiger partial charge in [0.15, 0.2) is 0 Å². The van der Waals surface area contributed by atoms with Crippen LogP contribution in [0.3, 0.4) is 0 Å². The van der Waals surface area contributed by atoms with Crippen molar-refractivity contribution < 1.29 is 48.5 Å². The van der Waals surface area contributed by atoms with Gasteiger partial charge in [0.1, 0.15) is 24.7 Å². The minimum atomic E-state index is -1.53. The predicted octanol–water partition coefficient (Wildman–Crippen LogP) is -4.35. The Balaban J connectivity index is 3.08. The van der Waals surface area contributed by atoms with Crippen molar-refractivity contribution in [3.63, 3.8) is 0 Å². The third-order valence-electron chi connectivity index (χ3n) is 4.96. The minimum absolute atomic E-state index is 0.00151. The summed E-state index contributed by atoms with van der Waals surface area (Å²) in [5.74, 6) is -4.73. The van der Waals surface area contributed by atoms with E-state index in [1.165, 1.54) is 13.8 Å². The molecule has 0 saturated carbocycles. The monoisotopic (exact) mass is 547 g/mol. The van der Waals surface area contributed by atoms with Gasteiger partial charge >= 0.3 is 6.03 Å². The standard InChI is InChI=1S/C20H33N7O11/c1-10(28)15-18(33)21-5-6-37-7-8-38-9-14(31)23-16(11(2)29)19(34)26-25-17(32)12(22-20(35)24-15)3-4-13(30)27-36/h10-12,15-16,28-29H,3-9H2,1-2H3,(H,21,33)(H,23,31)(H,25,32)(H,26,34)(H2,22,24,35)/t10?,11?,12-,15-,16+/m0/s1. The highest BCUT2D eigenvalue weighted by atomic mass is 16.5. The fourth-order valence-electron chi connectivity index (χ4n) is 2.98. The number of nitrogens with zero attached hydrogens (tertiary/aromatic N) is 1. The number of ether oxygens (including phenoxy) is 2. The summed E-state index contributed by atoms with van der Waals surface area (Å²) in [6.07, 6.45) is -3.73. The molecule has 1 heterocycles. The van der Waals surface area contributed by atoms with Crippen molar-refractivity contribution in [3.05, 3.63) is 4.91 Å². The first-order valence-electron chi connectivity index (χ1n) is 11.6. The number of aliphatic hydroxyl groups is 2. The second kappa shape index (κ2) is 16.9. The van der Waals surface area contributed by atoms with Crippen LogP contribution in [-0.2, 0) is 33.4 Å². The number of urea groups is 1. The van der Waals surface area contributed by atoms with Crippen LogP contribution in [0.15, 0.2) is 5.18 Å². The number of hydrazine groups is 1. The van der Waals surface area contributed by atoms with Gasteiger partial charge < -0.3 is 41.0 Å². The highest BCUT2D eigenvalue weighted by Gasteiger charge is 2.30. The van der Waals surface area contributed by atoms with Gasteiger partial charge in [-0.05, 0) is 20.3 Å². The van der Waals surface area contributed by atoms with Crippen molar-refractivity contribution in [2.45, 2.75) is 57.0 Å². The molecule has 1 aliphatic heterocycles. The molecule has 0 bridgehead atoms. The molecule has 0 aromatic carbocycles. The van der Waals surface area contributed by atoms with Gasteiger partial charge in [0.05, 0.1) is 32.0 Å². The average Bonchev–Trinajstić information content (AvgIpc) is 2.86. The van der Waals surface area contributed by atoms with E-state index in [4.69, 9.17) is 9.47 Å². The Bertz CT molecular complexity index is 868. The molecule has 0 aliphatic carbocycles. The quantitative estimate of drug-likeness (QED) is 0.152. The minimum Gasteiger partial charge on any atom is -0.391 e. The Kier molecular flexibility index (Phi) is 14.4. The molecule has 0 aromatic rings. The van der Waals surface area contributed by atoms with Gasteiger partial charge in [-0.25, -0.2) is 4.79 Å². The lowest BCUT2D eigenvalue weighted by Gasteiger charge is -2.24. The first kappa shape index (κ1) is 32.3. The highest BCUT2D eigenvalue weighted by Crippen LogP contribution is 2.02. The Labute approximate surface area is 216 Å². The van der Waals surface area contributed by atoms with Crippen molar-refractivity contribution in [2.24, 2.45) is 5.18 Å². The third kappa shape index (κ3) is 12.0. The molecule has 1 fully saturated rings. The molecule has 2 unspecified atom stereocenters. The molecule has 7 amide bonds. The van der Waals surface area contributed by atoms with E-state index in [9.17, 15) is 43.9 Å². The van der Waals surface area contributed by atoms with Gasteiger partial charge in [0, 0.05) is 18.1 Å². The Hall–Kier alpha value is -3.74. The maximum atomic E-state index is 12.6. The third-order valence-corrected chi connectivity index (χ3v) is 4.96. The maximum absolute atomic E-state index is 12.6. The molecule has 0 spiro atoms. The average molecular weight is 548 g/mol. The van der Waals surface area contributed by atoms with Gasteiger partial charge in [-0.15, -0.1) is 4.91 Å². The number of nitroso groups, excluding NO2 is 1. The first-order chi connectivity index (χ1) is 18.0. The molecule has 0 aromatic heterocycles. The van der Waals surface area contributed by atoms with Gasteiger partial charge in [-0.3, -0.25) is 34.8 Å². The fourth-order valence-corrected chi connectivity index (χ4v) is 2.98. The van der Waals surface area contributed by atoms with E-state index in [1.807, 2.05) is 10.9 Å². The van der Waals surface area contributed by atoms with Crippen molar-refractivity contribution in [3.8, 4) is 0 Å². The lowest BCUT2D eigenvalue weighted by Crippen LogP contribution is -2.61. The molecule has 1 aliphatic rings. The van der Waals surface area contributed by atoms with Crippen LogP contribution >= 0.6 is 0 Å². The van der Waals surface area contributed by atoms with Crippen LogP contribution in [0.25, 0.3) is 0 Å². The van der Waals surface area contributed by atoms with Gasteiger partial charge in [-0.2, -0.15) is 0 Å². The summed E-state index contributed by atoms with van der Waals surface area (Å²) in [5, 5.41) is 31.1. The molecule has 38 heavy (non-hydrogen) atoms. The van der Waals surface area contributed by atoms with Crippen molar-refractivity contribution in [2.75, 3.05) is 33.0 Å². The van der Waals surface area contributed by atoms with E-state index >= 15 is 0 Å². The maximum Gasteiger partial charge on any atom is 0.316 e. The van der Waals surface area contributed by atoms with Gasteiger partial charge in [0.2, 0.25) is 11.8 Å². The lowest BCUT2D eigenvalue weighted by molar-refractivity contribution is -0.136. The van der Waals surface area contributed by atoms with Crippen LogP contribution in [0, 0.1) is 4.91 Å². The normalized spacial score (nSPS) is 25.1. The topological polar surface area (TPSA) is 263 Å². The number of carbonyl (C=O) groups is 6. The molecule has 18 nitrogen and oxygen atoms in total.